The molecule has 1 saturated heterocycles. The Hall–Kier alpha value is -0.410. The van der Waals surface area contributed by atoms with Crippen LogP contribution in [0.5, 0.6) is 0 Å². The molecule has 0 aromatic carbocycles. The van der Waals surface area contributed by atoms with Gasteiger partial charge in [-0.05, 0) is 12.8 Å². The van der Waals surface area contributed by atoms with Crippen LogP contribution in [0.2, 0.25) is 0 Å². The number of nitrogens with one attached hydrogen (secondary N) is 1. The minimum atomic E-state index is -0.149. The van der Waals surface area contributed by atoms with Crippen molar-refractivity contribution in [3.63, 3.8) is 0 Å². The molecule has 1 aliphatic heterocycles. The summed E-state index contributed by atoms with van der Waals surface area (Å²) in [5, 5.41) is 3.34. The molecule has 1 rings (SSSR count). The van der Waals surface area contributed by atoms with E-state index < -0.39 is 0 Å². The van der Waals surface area contributed by atoms with Crippen LogP contribution < -0.4 is 5.32 Å². The van der Waals surface area contributed by atoms with Gasteiger partial charge in [0.1, 0.15) is 6.10 Å². The summed E-state index contributed by atoms with van der Waals surface area (Å²) >= 11 is 0. The number of ether oxygens (including phenoxy) is 1. The third-order valence-corrected chi connectivity index (χ3v) is 2.75. The maximum Gasteiger partial charge on any atom is 0.164 e. The van der Waals surface area contributed by atoms with Gasteiger partial charge in [-0.1, -0.05) is 27.7 Å². The Morgan fingerprint density at radius 2 is 2.00 bits per heavy atom. The van der Waals surface area contributed by atoms with Gasteiger partial charge in [-0.2, -0.15) is 0 Å². The van der Waals surface area contributed by atoms with Crippen molar-refractivity contribution in [3.8, 4) is 0 Å². The third-order valence-electron chi connectivity index (χ3n) is 2.75. The van der Waals surface area contributed by atoms with Crippen LogP contribution in [0, 0.1) is 5.92 Å². The number of rotatable bonds is 5. The van der Waals surface area contributed by atoms with Gasteiger partial charge in [-0.3, -0.25) is 4.79 Å². The summed E-state index contributed by atoms with van der Waals surface area (Å²) in [6.07, 6.45) is 1.97. The summed E-state index contributed by atoms with van der Waals surface area (Å²) in [5.74, 6) is 0.342. The summed E-state index contributed by atoms with van der Waals surface area (Å²) < 4.78 is 5.72. The molecule has 0 spiro atoms. The lowest BCUT2D eigenvalue weighted by Crippen LogP contribution is -2.33. The van der Waals surface area contributed by atoms with E-state index in [1.54, 1.807) is 0 Å². The Bertz CT molecular complexity index is 214. The first-order chi connectivity index (χ1) is 7.00. The molecule has 0 saturated carbocycles. The van der Waals surface area contributed by atoms with E-state index in [9.17, 15) is 4.79 Å². The molecule has 1 N–H and O–H groups in total. The highest BCUT2D eigenvalue weighted by atomic mass is 16.5. The van der Waals surface area contributed by atoms with Gasteiger partial charge in [0, 0.05) is 18.5 Å². The highest BCUT2D eigenvalue weighted by Gasteiger charge is 2.31. The molecule has 3 heteroatoms. The first kappa shape index (κ1) is 12.7. The minimum Gasteiger partial charge on any atom is -0.366 e. The summed E-state index contributed by atoms with van der Waals surface area (Å²) in [4.78, 5) is 11.7. The normalized spacial score (nSPS) is 26.5. The number of carbonyl (C=O) groups is 1. The first-order valence-corrected chi connectivity index (χ1v) is 5.93. The van der Waals surface area contributed by atoms with Crippen LogP contribution in [0.1, 0.15) is 40.5 Å². The molecule has 0 aliphatic carbocycles. The van der Waals surface area contributed by atoms with Gasteiger partial charge < -0.3 is 10.1 Å². The van der Waals surface area contributed by atoms with Crippen molar-refractivity contribution >= 4 is 5.78 Å². The van der Waals surface area contributed by atoms with E-state index in [2.05, 4.69) is 19.2 Å². The predicted octanol–water partition coefficient (Wildman–Crippen LogP) is 1.76. The number of hydrogen-bond acceptors (Lipinski definition) is 3. The van der Waals surface area contributed by atoms with E-state index in [4.69, 9.17) is 4.74 Å². The highest BCUT2D eigenvalue weighted by molar-refractivity contribution is 5.85. The molecular formula is C12H23NO2. The molecule has 1 heterocycles. The first-order valence-electron chi connectivity index (χ1n) is 5.93. The molecule has 88 valence electrons. The van der Waals surface area contributed by atoms with Crippen LogP contribution in [0.15, 0.2) is 0 Å². The lowest BCUT2D eigenvalue weighted by atomic mass is 10.0. The second-order valence-corrected chi connectivity index (χ2v) is 4.94. The Labute approximate surface area is 92.6 Å². The fourth-order valence-electron chi connectivity index (χ4n) is 1.80. The molecule has 1 aliphatic rings. The third kappa shape index (κ3) is 3.92. The van der Waals surface area contributed by atoms with Gasteiger partial charge in [-0.15, -0.1) is 0 Å². The maximum atomic E-state index is 11.7. The van der Waals surface area contributed by atoms with Crippen LogP contribution in [-0.4, -0.2) is 30.6 Å². The Morgan fingerprint density at radius 3 is 2.53 bits per heavy atom. The molecule has 3 nitrogen and oxygen atoms in total. The van der Waals surface area contributed by atoms with E-state index in [0.29, 0.717) is 6.04 Å². The van der Waals surface area contributed by atoms with Gasteiger partial charge in [-0.25, -0.2) is 0 Å². The topological polar surface area (TPSA) is 38.3 Å². The second kappa shape index (κ2) is 5.61. The van der Waals surface area contributed by atoms with Gasteiger partial charge >= 0.3 is 0 Å². The average Bonchev–Trinajstić information content (AvgIpc) is 2.61. The van der Waals surface area contributed by atoms with E-state index in [1.165, 1.54) is 0 Å². The van der Waals surface area contributed by atoms with Crippen LogP contribution >= 0.6 is 0 Å². The van der Waals surface area contributed by atoms with Crippen LogP contribution in [-0.2, 0) is 9.53 Å². The van der Waals surface area contributed by atoms with Gasteiger partial charge in [0.05, 0.1) is 6.10 Å². The lowest BCUT2D eigenvalue weighted by Gasteiger charge is -2.16. The van der Waals surface area contributed by atoms with Crippen molar-refractivity contribution in [3.05, 3.63) is 0 Å². The molecule has 0 aromatic rings. The van der Waals surface area contributed by atoms with E-state index in [-0.39, 0.29) is 23.9 Å². The zero-order valence-corrected chi connectivity index (χ0v) is 10.2. The highest BCUT2D eigenvalue weighted by Crippen LogP contribution is 2.22. The van der Waals surface area contributed by atoms with Crippen molar-refractivity contribution in [1.29, 1.82) is 0 Å². The Morgan fingerprint density at radius 1 is 1.33 bits per heavy atom. The largest absolute Gasteiger partial charge is 0.366 e. The monoisotopic (exact) mass is 213 g/mol. The summed E-state index contributed by atoms with van der Waals surface area (Å²) in [5.41, 5.74) is 0. The molecule has 1 fully saturated rings. The Kier molecular flexibility index (Phi) is 4.74. The van der Waals surface area contributed by atoms with Crippen LogP contribution in [0.25, 0.3) is 0 Å². The number of Topliss-reactive ketones (excluding diaryl/α,β-unsaturated/α-hetero) is 1. The van der Waals surface area contributed by atoms with Crippen molar-refractivity contribution in [1.82, 2.24) is 5.32 Å². The summed E-state index contributed by atoms with van der Waals surface area (Å²) in [6, 6.07) is 0.480. The van der Waals surface area contributed by atoms with Crippen LogP contribution in [0.3, 0.4) is 0 Å². The standard InChI is InChI=1S/C12H23NO2/c1-8(2)12(14)11-6-5-10(15-11)7-13-9(3)4/h8-11,13H,5-7H2,1-4H3. The molecule has 2 unspecified atom stereocenters. The predicted molar refractivity (Wildman–Crippen MR) is 60.9 cm³/mol. The zero-order valence-electron chi connectivity index (χ0n) is 10.2. The molecule has 2 atom stereocenters. The lowest BCUT2D eigenvalue weighted by molar-refractivity contribution is -0.132. The SMILES string of the molecule is CC(C)NCC1CCC(C(=O)C(C)C)O1. The van der Waals surface area contributed by atoms with Crippen LogP contribution in [0.4, 0.5) is 0 Å². The van der Waals surface area contributed by atoms with Gasteiger partial charge in [0.2, 0.25) is 0 Å². The Balaban J connectivity index is 2.29. The molecule has 0 radical (unpaired) electrons. The van der Waals surface area contributed by atoms with Crippen molar-refractivity contribution < 1.29 is 9.53 Å². The van der Waals surface area contributed by atoms with E-state index in [0.717, 1.165) is 19.4 Å². The van der Waals surface area contributed by atoms with Gasteiger partial charge in [0.25, 0.3) is 0 Å². The van der Waals surface area contributed by atoms with E-state index in [1.807, 2.05) is 13.8 Å². The van der Waals surface area contributed by atoms with Crippen molar-refractivity contribution in [2.24, 2.45) is 5.92 Å². The zero-order chi connectivity index (χ0) is 11.4. The fraction of sp³-hybridized carbons (Fsp3) is 0.917. The molecule has 15 heavy (non-hydrogen) atoms. The fourth-order valence-corrected chi connectivity index (χ4v) is 1.80. The minimum absolute atomic E-state index is 0.0896. The van der Waals surface area contributed by atoms with Crippen molar-refractivity contribution in [2.45, 2.75) is 58.8 Å². The quantitative estimate of drug-likeness (QED) is 0.756. The average molecular weight is 213 g/mol. The number of carbonyl (C=O) groups excluding carboxylic acids is 1. The van der Waals surface area contributed by atoms with Crippen molar-refractivity contribution in [2.75, 3.05) is 6.54 Å². The molecule has 0 bridgehead atoms. The molecule has 0 aromatic heterocycles. The second-order valence-electron chi connectivity index (χ2n) is 4.94. The summed E-state index contributed by atoms with van der Waals surface area (Å²) in [7, 11) is 0. The molecular weight excluding hydrogens is 190 g/mol. The number of hydrogen-bond donors (Lipinski definition) is 1. The number of ketones is 1. The maximum absolute atomic E-state index is 11.7. The van der Waals surface area contributed by atoms with Gasteiger partial charge in [0.15, 0.2) is 5.78 Å². The molecule has 0 amide bonds. The smallest absolute Gasteiger partial charge is 0.164 e. The van der Waals surface area contributed by atoms with E-state index >= 15 is 0 Å². The summed E-state index contributed by atoms with van der Waals surface area (Å²) in [6.45, 7) is 8.97.